The number of esters is 1. The molecule has 0 aliphatic rings. The van der Waals surface area contributed by atoms with Crippen LogP contribution in [0, 0.1) is 5.92 Å². The number of amides is 1. The second kappa shape index (κ2) is 10.3. The van der Waals surface area contributed by atoms with Crippen molar-refractivity contribution in [2.45, 2.75) is 64.6 Å². The lowest BCUT2D eigenvalue weighted by Gasteiger charge is -2.26. The van der Waals surface area contributed by atoms with Crippen LogP contribution in [0.5, 0.6) is 0 Å². The van der Waals surface area contributed by atoms with Crippen molar-refractivity contribution in [3.05, 3.63) is 54.1 Å². The van der Waals surface area contributed by atoms with Crippen LogP contribution in [-0.4, -0.2) is 31.9 Å². The van der Waals surface area contributed by atoms with Crippen molar-refractivity contribution in [1.82, 2.24) is 10.0 Å². The van der Waals surface area contributed by atoms with E-state index in [1.54, 1.807) is 46.8 Å². The van der Waals surface area contributed by atoms with Crippen LogP contribution in [0.1, 0.15) is 47.1 Å². The molecule has 1 unspecified atom stereocenters. The van der Waals surface area contributed by atoms with E-state index in [1.165, 1.54) is 19.1 Å². The molecule has 174 valence electrons. The third-order valence-electron chi connectivity index (χ3n) is 4.60. The van der Waals surface area contributed by atoms with Gasteiger partial charge in [-0.1, -0.05) is 50.2 Å². The minimum Gasteiger partial charge on any atom is -0.459 e. The number of hydrogen-bond donors (Lipinski definition) is 2. The largest absolute Gasteiger partial charge is 0.459 e. The summed E-state index contributed by atoms with van der Waals surface area (Å²) < 4.78 is 33.6. The van der Waals surface area contributed by atoms with E-state index in [-0.39, 0.29) is 16.7 Å². The first kappa shape index (κ1) is 25.5. The van der Waals surface area contributed by atoms with Gasteiger partial charge in [-0.05, 0) is 55.5 Å². The minimum atomic E-state index is -3.92. The zero-order chi connectivity index (χ0) is 24.1. The van der Waals surface area contributed by atoms with Crippen LogP contribution in [0.3, 0.4) is 0 Å². The van der Waals surface area contributed by atoms with E-state index in [1.807, 2.05) is 24.3 Å². The molecule has 0 fully saturated rings. The number of benzene rings is 2. The summed E-state index contributed by atoms with van der Waals surface area (Å²) >= 11 is 0. The monoisotopic (exact) mass is 460 g/mol. The third kappa shape index (κ3) is 7.46. The molecule has 0 aliphatic heterocycles. The van der Waals surface area contributed by atoms with Gasteiger partial charge >= 0.3 is 5.97 Å². The van der Waals surface area contributed by atoms with Crippen molar-refractivity contribution in [1.29, 1.82) is 0 Å². The SMILES string of the molecule is CC(=O)NCc1ccc(-c2ccc(S(=O)(=O)NC(C(=O)OC(C)(C)C)C(C)C)cc2)cc1. The molecule has 0 spiro atoms. The summed E-state index contributed by atoms with van der Waals surface area (Å²) in [6.07, 6.45) is 0. The van der Waals surface area contributed by atoms with E-state index in [9.17, 15) is 18.0 Å². The van der Waals surface area contributed by atoms with Crippen molar-refractivity contribution in [3.63, 3.8) is 0 Å². The van der Waals surface area contributed by atoms with E-state index in [0.717, 1.165) is 16.7 Å². The van der Waals surface area contributed by atoms with E-state index in [2.05, 4.69) is 10.0 Å². The van der Waals surface area contributed by atoms with Crippen LogP contribution in [0.15, 0.2) is 53.4 Å². The van der Waals surface area contributed by atoms with Gasteiger partial charge in [-0.2, -0.15) is 4.72 Å². The van der Waals surface area contributed by atoms with Crippen LogP contribution in [0.25, 0.3) is 11.1 Å². The van der Waals surface area contributed by atoms with Gasteiger partial charge < -0.3 is 10.1 Å². The van der Waals surface area contributed by atoms with Crippen LogP contribution in [-0.2, 0) is 30.9 Å². The van der Waals surface area contributed by atoms with Gasteiger partial charge in [0.05, 0.1) is 4.90 Å². The summed E-state index contributed by atoms with van der Waals surface area (Å²) in [5, 5.41) is 2.74. The first-order valence-electron chi connectivity index (χ1n) is 10.5. The maximum Gasteiger partial charge on any atom is 0.324 e. The van der Waals surface area contributed by atoms with Gasteiger partial charge in [0.1, 0.15) is 11.6 Å². The molecule has 0 radical (unpaired) electrons. The number of ether oxygens (including phenoxy) is 1. The molecule has 2 rings (SSSR count). The van der Waals surface area contributed by atoms with Crippen LogP contribution in [0.4, 0.5) is 0 Å². The van der Waals surface area contributed by atoms with Gasteiger partial charge in [0.15, 0.2) is 0 Å². The molecule has 0 saturated carbocycles. The summed E-state index contributed by atoms with van der Waals surface area (Å²) in [5.41, 5.74) is 2.02. The van der Waals surface area contributed by atoms with Crippen molar-refractivity contribution in [3.8, 4) is 11.1 Å². The standard InChI is InChI=1S/C24H32N2O5S/c1-16(2)22(23(28)31-24(4,5)6)26-32(29,30)21-13-11-20(12-14-21)19-9-7-18(8-10-19)15-25-17(3)27/h7-14,16,22,26H,15H2,1-6H3,(H,25,27). The zero-order valence-corrected chi connectivity index (χ0v) is 20.2. The van der Waals surface area contributed by atoms with E-state index in [4.69, 9.17) is 4.74 Å². The smallest absolute Gasteiger partial charge is 0.324 e. The number of nitrogens with one attached hydrogen (secondary N) is 2. The molecule has 0 aliphatic carbocycles. The molecule has 0 heterocycles. The molecule has 2 aromatic carbocycles. The Hall–Kier alpha value is -2.71. The average Bonchev–Trinajstić information content (AvgIpc) is 2.69. The molecule has 8 heteroatoms. The molecule has 32 heavy (non-hydrogen) atoms. The lowest BCUT2D eigenvalue weighted by molar-refractivity contribution is -0.158. The Kier molecular flexibility index (Phi) is 8.20. The molecular formula is C24H32N2O5S. The van der Waals surface area contributed by atoms with Gasteiger partial charge in [-0.3, -0.25) is 9.59 Å². The molecular weight excluding hydrogens is 428 g/mol. The van der Waals surface area contributed by atoms with Crippen LogP contribution >= 0.6 is 0 Å². The number of hydrogen-bond acceptors (Lipinski definition) is 5. The fraction of sp³-hybridized carbons (Fsp3) is 0.417. The predicted octanol–water partition coefficient (Wildman–Crippen LogP) is 3.63. The first-order chi connectivity index (χ1) is 14.8. The summed E-state index contributed by atoms with van der Waals surface area (Å²) in [6, 6.07) is 13.1. The van der Waals surface area contributed by atoms with Gasteiger partial charge in [-0.15, -0.1) is 0 Å². The third-order valence-corrected chi connectivity index (χ3v) is 6.06. The maximum atomic E-state index is 12.9. The van der Waals surface area contributed by atoms with Crippen molar-refractivity contribution in [2.24, 2.45) is 5.92 Å². The molecule has 0 bridgehead atoms. The Bertz CT molecular complexity index is 1040. The van der Waals surface area contributed by atoms with E-state index >= 15 is 0 Å². The maximum absolute atomic E-state index is 12.9. The first-order valence-corrected chi connectivity index (χ1v) is 12.0. The second-order valence-electron chi connectivity index (χ2n) is 9.01. The van der Waals surface area contributed by atoms with Crippen molar-refractivity contribution >= 4 is 21.9 Å². The Balaban J connectivity index is 2.16. The van der Waals surface area contributed by atoms with Crippen molar-refractivity contribution in [2.75, 3.05) is 0 Å². The van der Waals surface area contributed by atoms with Gasteiger partial charge in [0, 0.05) is 13.5 Å². The van der Waals surface area contributed by atoms with Crippen LogP contribution in [0.2, 0.25) is 0 Å². The molecule has 0 saturated heterocycles. The highest BCUT2D eigenvalue weighted by molar-refractivity contribution is 7.89. The van der Waals surface area contributed by atoms with Crippen LogP contribution < -0.4 is 10.0 Å². The summed E-state index contributed by atoms with van der Waals surface area (Å²) in [6.45, 7) is 10.7. The van der Waals surface area contributed by atoms with Crippen molar-refractivity contribution < 1.29 is 22.7 Å². The number of sulfonamides is 1. The molecule has 1 amide bonds. The summed E-state index contributed by atoms with van der Waals surface area (Å²) in [4.78, 5) is 23.6. The highest BCUT2D eigenvalue weighted by Gasteiger charge is 2.32. The molecule has 0 aromatic heterocycles. The normalized spacial score (nSPS) is 13.0. The molecule has 2 aromatic rings. The topological polar surface area (TPSA) is 102 Å². The Morgan fingerprint density at radius 3 is 1.88 bits per heavy atom. The lowest BCUT2D eigenvalue weighted by atomic mass is 10.0. The van der Waals surface area contributed by atoms with E-state index < -0.39 is 27.6 Å². The lowest BCUT2D eigenvalue weighted by Crippen LogP contribution is -2.47. The molecule has 7 nitrogen and oxygen atoms in total. The number of rotatable bonds is 8. The van der Waals surface area contributed by atoms with Gasteiger partial charge in [0.25, 0.3) is 0 Å². The highest BCUT2D eigenvalue weighted by atomic mass is 32.2. The van der Waals surface area contributed by atoms with Gasteiger partial charge in [0.2, 0.25) is 15.9 Å². The Labute approximate surface area is 190 Å². The Morgan fingerprint density at radius 1 is 0.938 bits per heavy atom. The quantitative estimate of drug-likeness (QED) is 0.586. The fourth-order valence-corrected chi connectivity index (χ4v) is 4.26. The number of carbonyl (C=O) groups is 2. The predicted molar refractivity (Wildman–Crippen MR) is 124 cm³/mol. The number of carbonyl (C=O) groups excluding carboxylic acids is 2. The molecule has 2 N–H and O–H groups in total. The summed E-state index contributed by atoms with van der Waals surface area (Å²) in [7, 11) is -3.92. The second-order valence-corrected chi connectivity index (χ2v) is 10.7. The fourth-order valence-electron chi connectivity index (χ4n) is 2.92. The Morgan fingerprint density at radius 2 is 1.44 bits per heavy atom. The van der Waals surface area contributed by atoms with E-state index in [0.29, 0.717) is 6.54 Å². The van der Waals surface area contributed by atoms with Gasteiger partial charge in [-0.25, -0.2) is 8.42 Å². The minimum absolute atomic E-state index is 0.0673. The summed E-state index contributed by atoms with van der Waals surface area (Å²) in [5.74, 6) is -0.979. The average molecular weight is 461 g/mol. The zero-order valence-electron chi connectivity index (χ0n) is 19.4. The molecule has 1 atom stereocenters. The highest BCUT2D eigenvalue weighted by Crippen LogP contribution is 2.23.